The highest BCUT2D eigenvalue weighted by atomic mass is 32.2. The Balaban J connectivity index is 4.88. The number of nitrogens with one attached hydrogen (secondary N) is 1. The molecule has 0 saturated carbocycles. The molecule has 0 aliphatic carbocycles. The molecule has 1 amide bonds. The van der Waals surface area contributed by atoms with Crippen LogP contribution in [0.3, 0.4) is 0 Å². The third-order valence-electron chi connectivity index (χ3n) is 2.16. The number of carbonyl (C=O) groups is 1. The van der Waals surface area contributed by atoms with E-state index in [9.17, 15) is 18.3 Å². The van der Waals surface area contributed by atoms with Crippen molar-refractivity contribution in [2.75, 3.05) is 19.4 Å². The highest BCUT2D eigenvalue weighted by Crippen LogP contribution is 2.24. The van der Waals surface area contributed by atoms with Crippen molar-refractivity contribution in [3.8, 4) is 6.07 Å². The van der Waals surface area contributed by atoms with Crippen LogP contribution in [0.5, 0.6) is 0 Å². The lowest BCUT2D eigenvalue weighted by atomic mass is 9.87. The van der Waals surface area contributed by atoms with Gasteiger partial charge in [-0.25, -0.2) is 0 Å². The Hall–Kier alpha value is -1.17. The lowest BCUT2D eigenvalue weighted by Gasteiger charge is -2.30. The monoisotopic (exact) mass is 278 g/mol. The van der Waals surface area contributed by atoms with Gasteiger partial charge in [-0.1, -0.05) is 13.8 Å². The average molecular weight is 278 g/mol. The van der Waals surface area contributed by atoms with Crippen molar-refractivity contribution < 1.29 is 22.5 Å². The number of nitriles is 1. The number of carbonyl (C=O) groups excluding carboxylic acids is 1. The molecule has 0 spiro atoms. The lowest BCUT2D eigenvalue weighted by molar-refractivity contribution is -0.134. The number of aliphatic hydroxyl groups is 1. The molecule has 2 N–H and O–H groups in total. The van der Waals surface area contributed by atoms with E-state index in [1.165, 1.54) is 13.8 Å². The Labute approximate surface area is 107 Å². The van der Waals surface area contributed by atoms with Crippen LogP contribution in [0.4, 0.5) is 0 Å². The van der Waals surface area contributed by atoms with Crippen molar-refractivity contribution in [1.29, 1.82) is 5.26 Å². The zero-order chi connectivity index (χ0) is 14.4. The smallest absolute Gasteiger partial charge is 0.265 e. The predicted octanol–water partition coefficient (Wildman–Crippen LogP) is -0.620. The Morgan fingerprint density at radius 2 is 2.11 bits per heavy atom. The molecule has 0 aliphatic heterocycles. The van der Waals surface area contributed by atoms with Crippen LogP contribution in [-0.2, 0) is 19.1 Å². The summed E-state index contributed by atoms with van der Waals surface area (Å²) >= 11 is 0. The van der Waals surface area contributed by atoms with Gasteiger partial charge in [0.2, 0.25) is 0 Å². The first-order chi connectivity index (χ1) is 8.14. The summed E-state index contributed by atoms with van der Waals surface area (Å²) in [5.41, 5.74) is -1.06. The number of hydrogen-bond donors (Lipinski definition) is 2. The van der Waals surface area contributed by atoms with Crippen molar-refractivity contribution in [2.24, 2.45) is 5.41 Å². The fourth-order valence-corrected chi connectivity index (χ4v) is 1.82. The summed E-state index contributed by atoms with van der Waals surface area (Å²) in [6, 6.07) is 1.84. The van der Waals surface area contributed by atoms with Crippen molar-refractivity contribution >= 4 is 16.0 Å². The Morgan fingerprint density at radius 1 is 1.56 bits per heavy atom. The van der Waals surface area contributed by atoms with Crippen LogP contribution >= 0.6 is 0 Å². The minimum atomic E-state index is -3.83. The molecule has 0 aromatic heterocycles. The second kappa shape index (κ2) is 6.68. The Kier molecular flexibility index (Phi) is 6.25. The molecule has 0 aromatic rings. The number of aliphatic hydroxyl groups excluding tert-OH is 1. The summed E-state index contributed by atoms with van der Waals surface area (Å²) in [5.74, 6) is -0.672. The van der Waals surface area contributed by atoms with Gasteiger partial charge in [-0.15, -0.1) is 0 Å². The molecule has 0 saturated heterocycles. The number of amides is 1. The van der Waals surface area contributed by atoms with E-state index in [-0.39, 0.29) is 13.0 Å². The van der Waals surface area contributed by atoms with Gasteiger partial charge in [0.15, 0.2) is 6.10 Å². The number of nitrogens with zero attached hydrogens (tertiary/aromatic N) is 1. The van der Waals surface area contributed by atoms with Gasteiger partial charge in [-0.3, -0.25) is 8.98 Å². The standard InChI is InChI=1S/C10H18N2O5S/c1-10(2,7-13)8(17-18(3,15)16)9(14)12-6-4-5-11/h8,13H,4,6-7H2,1-3H3,(H,12,14)/t8-/m0/s1. The maximum atomic E-state index is 11.8. The van der Waals surface area contributed by atoms with Crippen LogP contribution in [0.2, 0.25) is 0 Å². The molecule has 1 atom stereocenters. The largest absolute Gasteiger partial charge is 0.396 e. The fraction of sp³-hybridized carbons (Fsp3) is 0.800. The van der Waals surface area contributed by atoms with Gasteiger partial charge in [0, 0.05) is 12.0 Å². The van der Waals surface area contributed by atoms with Crippen LogP contribution in [0.1, 0.15) is 20.3 Å². The van der Waals surface area contributed by atoms with Gasteiger partial charge < -0.3 is 10.4 Å². The van der Waals surface area contributed by atoms with Gasteiger partial charge in [0.05, 0.1) is 25.4 Å². The van der Waals surface area contributed by atoms with E-state index in [0.29, 0.717) is 0 Å². The first kappa shape index (κ1) is 16.8. The molecular formula is C10H18N2O5S. The molecule has 7 nitrogen and oxygen atoms in total. The topological polar surface area (TPSA) is 116 Å². The first-order valence-electron chi connectivity index (χ1n) is 5.28. The van der Waals surface area contributed by atoms with Gasteiger partial charge in [-0.2, -0.15) is 13.7 Å². The van der Waals surface area contributed by atoms with Gasteiger partial charge in [0.1, 0.15) is 0 Å². The van der Waals surface area contributed by atoms with E-state index in [0.717, 1.165) is 6.26 Å². The summed E-state index contributed by atoms with van der Waals surface area (Å²) in [4.78, 5) is 11.8. The zero-order valence-corrected chi connectivity index (χ0v) is 11.5. The predicted molar refractivity (Wildman–Crippen MR) is 63.8 cm³/mol. The van der Waals surface area contributed by atoms with Crippen molar-refractivity contribution in [3.05, 3.63) is 0 Å². The van der Waals surface area contributed by atoms with Crippen LogP contribution in [0.15, 0.2) is 0 Å². The summed E-state index contributed by atoms with van der Waals surface area (Å²) in [6.07, 6.45) is -0.399. The molecule has 18 heavy (non-hydrogen) atoms. The summed E-state index contributed by atoms with van der Waals surface area (Å²) in [6.45, 7) is 2.69. The fourth-order valence-electron chi connectivity index (χ4n) is 1.12. The van der Waals surface area contributed by atoms with Crippen LogP contribution in [0.25, 0.3) is 0 Å². The quantitative estimate of drug-likeness (QED) is 0.473. The highest BCUT2D eigenvalue weighted by molar-refractivity contribution is 7.86. The van der Waals surface area contributed by atoms with Crippen LogP contribution in [-0.4, -0.2) is 44.9 Å². The van der Waals surface area contributed by atoms with Gasteiger partial charge in [-0.05, 0) is 0 Å². The summed E-state index contributed by atoms with van der Waals surface area (Å²) in [5, 5.41) is 19.9. The lowest BCUT2D eigenvalue weighted by Crippen LogP contribution is -2.48. The molecule has 0 rings (SSSR count). The number of hydrogen-bond acceptors (Lipinski definition) is 6. The van der Waals surface area contributed by atoms with E-state index >= 15 is 0 Å². The maximum Gasteiger partial charge on any atom is 0.265 e. The van der Waals surface area contributed by atoms with E-state index in [2.05, 4.69) is 5.32 Å². The molecule has 104 valence electrons. The number of rotatable bonds is 7. The minimum absolute atomic E-state index is 0.0977. The van der Waals surface area contributed by atoms with E-state index in [4.69, 9.17) is 9.44 Å². The minimum Gasteiger partial charge on any atom is -0.396 e. The molecule has 0 heterocycles. The van der Waals surface area contributed by atoms with Crippen LogP contribution < -0.4 is 5.32 Å². The third-order valence-corrected chi connectivity index (χ3v) is 2.70. The molecule has 0 unspecified atom stereocenters. The van der Waals surface area contributed by atoms with Crippen molar-refractivity contribution in [3.63, 3.8) is 0 Å². The molecule has 0 aliphatic rings. The molecule has 0 aromatic carbocycles. The highest BCUT2D eigenvalue weighted by Gasteiger charge is 2.38. The Bertz CT molecular complexity index is 424. The molecule has 0 fully saturated rings. The van der Waals surface area contributed by atoms with E-state index in [1.54, 1.807) is 0 Å². The second-order valence-corrected chi connectivity index (χ2v) is 6.13. The normalized spacial score (nSPS) is 13.7. The van der Waals surface area contributed by atoms with E-state index in [1.807, 2.05) is 6.07 Å². The zero-order valence-electron chi connectivity index (χ0n) is 10.6. The first-order valence-corrected chi connectivity index (χ1v) is 7.09. The maximum absolute atomic E-state index is 11.8. The Morgan fingerprint density at radius 3 is 2.50 bits per heavy atom. The van der Waals surface area contributed by atoms with Gasteiger partial charge >= 0.3 is 0 Å². The summed E-state index contributed by atoms with van der Waals surface area (Å²) in [7, 11) is -3.83. The molecule has 0 bridgehead atoms. The molecule has 8 heteroatoms. The van der Waals surface area contributed by atoms with Crippen molar-refractivity contribution in [1.82, 2.24) is 5.32 Å². The molecular weight excluding hydrogens is 260 g/mol. The summed E-state index contributed by atoms with van der Waals surface area (Å²) < 4.78 is 26.9. The van der Waals surface area contributed by atoms with E-state index < -0.39 is 34.2 Å². The van der Waals surface area contributed by atoms with Crippen molar-refractivity contribution in [2.45, 2.75) is 26.4 Å². The molecule has 0 radical (unpaired) electrons. The average Bonchev–Trinajstić information content (AvgIpc) is 2.24. The SMILES string of the molecule is CC(C)(CO)[C@@H](OS(C)(=O)=O)C(=O)NCCC#N. The van der Waals surface area contributed by atoms with Gasteiger partial charge in [0.25, 0.3) is 16.0 Å². The third kappa shape index (κ3) is 5.95. The van der Waals surface area contributed by atoms with Crippen LogP contribution in [0, 0.1) is 16.7 Å². The second-order valence-electron chi connectivity index (χ2n) is 4.53.